The lowest BCUT2D eigenvalue weighted by atomic mass is 9.93. The van der Waals surface area contributed by atoms with Crippen LogP contribution in [0.5, 0.6) is 11.5 Å². The maximum atomic E-state index is 10.4. The number of aromatic hydroxyl groups is 1. The SMILES string of the molecule is COc1cc(C#N)c(O)cc1[C@H]1C[C@@H](O[Si](C)(C)C(C)(C)C)[C@H](O[Si](C)(C)C(C)(C)C)[C@@H](C)O1. The van der Waals surface area contributed by atoms with E-state index in [4.69, 9.17) is 18.3 Å². The topological polar surface area (TPSA) is 80.9 Å². The van der Waals surface area contributed by atoms with Gasteiger partial charge in [0.25, 0.3) is 0 Å². The maximum absolute atomic E-state index is 10.4. The van der Waals surface area contributed by atoms with E-state index in [0.717, 1.165) is 5.56 Å². The summed E-state index contributed by atoms with van der Waals surface area (Å²) in [6.45, 7) is 24.5. The van der Waals surface area contributed by atoms with Gasteiger partial charge in [0.1, 0.15) is 17.6 Å². The molecule has 34 heavy (non-hydrogen) atoms. The normalized spacial score (nSPS) is 24.6. The number of nitriles is 1. The Kier molecular flexibility index (Phi) is 8.44. The van der Waals surface area contributed by atoms with E-state index in [1.165, 1.54) is 0 Å². The summed E-state index contributed by atoms with van der Waals surface area (Å²) in [5.74, 6) is 0.456. The zero-order valence-electron chi connectivity index (χ0n) is 23.2. The summed E-state index contributed by atoms with van der Waals surface area (Å²) in [5.41, 5.74) is 0.901. The van der Waals surface area contributed by atoms with Gasteiger partial charge in [-0.15, -0.1) is 0 Å². The fourth-order valence-electron chi connectivity index (χ4n) is 3.70. The number of phenols is 1. The summed E-state index contributed by atoms with van der Waals surface area (Å²) in [6, 6.07) is 5.17. The standard InChI is InChI=1S/C26H45NO5Si2/c1-17-24(32-34(11,12)26(5,6)7)23(31-33(9,10)25(2,3)4)15-22(30-17)19-14-20(28)18(16-27)13-21(19)29-8/h13-14,17,22-24,28H,15H2,1-12H3/t17-,22-,23-,24-/m1/s1. The van der Waals surface area contributed by atoms with Gasteiger partial charge in [-0.1, -0.05) is 41.5 Å². The molecule has 8 heteroatoms. The Labute approximate surface area is 208 Å². The molecule has 0 radical (unpaired) electrons. The molecule has 2 rings (SSSR count). The highest BCUT2D eigenvalue weighted by atomic mass is 28.4. The van der Waals surface area contributed by atoms with Crippen LogP contribution in [0.3, 0.4) is 0 Å². The first-order chi connectivity index (χ1) is 15.3. The molecule has 1 N–H and O–H groups in total. The number of hydrogen-bond donors (Lipinski definition) is 1. The van der Waals surface area contributed by atoms with E-state index in [2.05, 4.69) is 67.7 Å². The van der Waals surface area contributed by atoms with Gasteiger partial charge < -0.3 is 23.4 Å². The van der Waals surface area contributed by atoms with Crippen molar-refractivity contribution in [2.45, 2.75) is 116 Å². The monoisotopic (exact) mass is 507 g/mol. The number of nitrogens with zero attached hydrogens (tertiary/aromatic N) is 1. The van der Waals surface area contributed by atoms with E-state index < -0.39 is 16.6 Å². The van der Waals surface area contributed by atoms with Crippen molar-refractivity contribution in [1.82, 2.24) is 0 Å². The molecule has 192 valence electrons. The van der Waals surface area contributed by atoms with Crippen LogP contribution in [0.4, 0.5) is 0 Å². The van der Waals surface area contributed by atoms with Crippen molar-refractivity contribution in [1.29, 1.82) is 5.26 Å². The molecule has 1 aliphatic rings. The summed E-state index contributed by atoms with van der Waals surface area (Å²) in [4.78, 5) is 0. The molecular formula is C26H45NO5Si2. The summed E-state index contributed by atoms with van der Waals surface area (Å²) >= 11 is 0. The average molecular weight is 508 g/mol. The molecular weight excluding hydrogens is 462 g/mol. The maximum Gasteiger partial charge on any atom is 0.192 e. The number of benzene rings is 1. The van der Waals surface area contributed by atoms with Crippen molar-refractivity contribution in [2.75, 3.05) is 7.11 Å². The minimum absolute atomic E-state index is 0.0516. The summed E-state index contributed by atoms with van der Waals surface area (Å²) in [5, 5.41) is 19.8. The van der Waals surface area contributed by atoms with Gasteiger partial charge in [-0.3, -0.25) is 0 Å². The zero-order chi connectivity index (χ0) is 26.3. The predicted octanol–water partition coefficient (Wildman–Crippen LogP) is 6.90. The third kappa shape index (κ3) is 6.05. The lowest BCUT2D eigenvalue weighted by molar-refractivity contribution is -0.154. The third-order valence-electron chi connectivity index (χ3n) is 7.96. The van der Waals surface area contributed by atoms with Crippen molar-refractivity contribution < 1.29 is 23.4 Å². The Morgan fingerprint density at radius 2 is 1.53 bits per heavy atom. The van der Waals surface area contributed by atoms with Crippen molar-refractivity contribution >= 4 is 16.6 Å². The molecule has 0 aliphatic carbocycles. The molecule has 1 aliphatic heterocycles. The van der Waals surface area contributed by atoms with Crippen LogP contribution in [-0.4, -0.2) is 47.2 Å². The first-order valence-electron chi connectivity index (χ1n) is 12.2. The number of ether oxygens (including phenoxy) is 2. The lowest BCUT2D eigenvalue weighted by Crippen LogP contribution is -2.57. The second kappa shape index (κ2) is 9.94. The van der Waals surface area contributed by atoms with Crippen molar-refractivity contribution in [3.8, 4) is 17.6 Å². The van der Waals surface area contributed by atoms with Crippen molar-refractivity contribution in [2.24, 2.45) is 0 Å². The molecule has 6 nitrogen and oxygen atoms in total. The van der Waals surface area contributed by atoms with E-state index in [1.54, 1.807) is 19.2 Å². The van der Waals surface area contributed by atoms with E-state index in [-0.39, 0.29) is 45.8 Å². The van der Waals surface area contributed by atoms with E-state index in [0.29, 0.717) is 12.2 Å². The van der Waals surface area contributed by atoms with Crippen LogP contribution in [0.25, 0.3) is 0 Å². The zero-order valence-corrected chi connectivity index (χ0v) is 25.2. The quantitative estimate of drug-likeness (QED) is 0.422. The first-order valence-corrected chi connectivity index (χ1v) is 18.0. The van der Waals surface area contributed by atoms with Gasteiger partial charge in [0.2, 0.25) is 0 Å². The van der Waals surface area contributed by atoms with Gasteiger partial charge in [-0.25, -0.2) is 0 Å². The van der Waals surface area contributed by atoms with Gasteiger partial charge in [-0.2, -0.15) is 5.26 Å². The Morgan fingerprint density at radius 3 is 2.00 bits per heavy atom. The third-order valence-corrected chi connectivity index (χ3v) is 16.9. The van der Waals surface area contributed by atoms with Crippen LogP contribution in [0, 0.1) is 11.3 Å². The molecule has 0 amide bonds. The minimum atomic E-state index is -2.11. The largest absolute Gasteiger partial charge is 0.507 e. The molecule has 0 saturated carbocycles. The Bertz CT molecular complexity index is 911. The number of hydrogen-bond acceptors (Lipinski definition) is 6. The smallest absolute Gasteiger partial charge is 0.192 e. The average Bonchev–Trinajstić information content (AvgIpc) is 2.68. The lowest BCUT2D eigenvalue weighted by Gasteiger charge is -2.50. The highest BCUT2D eigenvalue weighted by molar-refractivity contribution is 6.74. The van der Waals surface area contributed by atoms with Crippen LogP contribution in [-0.2, 0) is 13.6 Å². The number of phenolic OH excluding ortho intramolecular Hbond substituents is 1. The molecule has 1 aromatic rings. The van der Waals surface area contributed by atoms with Gasteiger partial charge >= 0.3 is 0 Å². The van der Waals surface area contributed by atoms with Crippen LogP contribution in [0.1, 0.15) is 72.1 Å². The van der Waals surface area contributed by atoms with E-state index in [1.807, 2.05) is 13.0 Å². The van der Waals surface area contributed by atoms with Gasteiger partial charge in [0.05, 0.1) is 37.1 Å². The van der Waals surface area contributed by atoms with Crippen molar-refractivity contribution in [3.63, 3.8) is 0 Å². The Hall–Kier alpha value is -1.38. The van der Waals surface area contributed by atoms with Crippen molar-refractivity contribution in [3.05, 3.63) is 23.3 Å². The van der Waals surface area contributed by atoms with Crippen LogP contribution < -0.4 is 4.74 Å². The molecule has 4 atom stereocenters. The highest BCUT2D eigenvalue weighted by Gasteiger charge is 2.49. The summed E-state index contributed by atoms with van der Waals surface area (Å²) in [7, 11) is -2.62. The molecule has 0 unspecified atom stereocenters. The fraction of sp³-hybridized carbons (Fsp3) is 0.731. The molecule has 0 bridgehead atoms. The van der Waals surface area contributed by atoms with Gasteiger partial charge in [0, 0.05) is 18.1 Å². The summed E-state index contributed by atoms with van der Waals surface area (Å²) < 4.78 is 26.0. The molecule has 0 spiro atoms. The van der Waals surface area contributed by atoms with Gasteiger partial charge in [0.15, 0.2) is 16.6 Å². The second-order valence-corrected chi connectivity index (χ2v) is 22.1. The highest BCUT2D eigenvalue weighted by Crippen LogP contribution is 2.46. The molecule has 0 aromatic heterocycles. The molecule has 1 fully saturated rings. The Balaban J connectivity index is 2.50. The van der Waals surface area contributed by atoms with E-state index in [9.17, 15) is 10.4 Å². The number of methoxy groups -OCH3 is 1. The van der Waals surface area contributed by atoms with Crippen LogP contribution in [0.2, 0.25) is 36.3 Å². The number of rotatable bonds is 6. The van der Waals surface area contributed by atoms with Gasteiger partial charge in [-0.05, 0) is 49.3 Å². The fourth-order valence-corrected chi connectivity index (χ4v) is 6.42. The molecule has 1 saturated heterocycles. The second-order valence-electron chi connectivity index (χ2n) is 12.5. The predicted molar refractivity (Wildman–Crippen MR) is 141 cm³/mol. The minimum Gasteiger partial charge on any atom is -0.507 e. The van der Waals surface area contributed by atoms with E-state index >= 15 is 0 Å². The first kappa shape index (κ1) is 28.9. The molecule has 1 aromatic carbocycles. The Morgan fingerprint density at radius 1 is 1.00 bits per heavy atom. The summed E-state index contributed by atoms with van der Waals surface area (Å²) in [6.07, 6.45) is -0.337. The molecule has 1 heterocycles. The van der Waals surface area contributed by atoms with Crippen LogP contribution in [0.15, 0.2) is 12.1 Å². The van der Waals surface area contributed by atoms with Crippen LogP contribution >= 0.6 is 0 Å².